The molecule has 2 aromatic rings. The lowest BCUT2D eigenvalue weighted by Gasteiger charge is -2.04. The number of rotatable bonds is 4. The second-order valence-corrected chi connectivity index (χ2v) is 4.46. The number of hydrogen-bond donors (Lipinski definition) is 0. The SMILES string of the molecule is CC(C)c1ccn(-c2ccc(C=O)cc2[N+](=O)[O-])n1. The smallest absolute Gasteiger partial charge is 0.295 e. The van der Waals surface area contributed by atoms with Gasteiger partial charge in [0.15, 0.2) is 0 Å². The zero-order valence-corrected chi connectivity index (χ0v) is 10.6. The first-order valence-electron chi connectivity index (χ1n) is 5.82. The van der Waals surface area contributed by atoms with Gasteiger partial charge >= 0.3 is 0 Å². The summed E-state index contributed by atoms with van der Waals surface area (Å²) in [6.45, 7) is 3.99. The Bertz CT molecular complexity index is 632. The maximum absolute atomic E-state index is 11.1. The van der Waals surface area contributed by atoms with Crippen molar-refractivity contribution in [2.24, 2.45) is 0 Å². The van der Waals surface area contributed by atoms with Crippen molar-refractivity contribution in [3.05, 3.63) is 51.8 Å². The van der Waals surface area contributed by atoms with Gasteiger partial charge in [-0.05, 0) is 24.1 Å². The number of hydrogen-bond acceptors (Lipinski definition) is 4. The van der Waals surface area contributed by atoms with Crippen LogP contribution in [-0.2, 0) is 0 Å². The average molecular weight is 259 g/mol. The molecule has 0 saturated heterocycles. The number of aromatic nitrogens is 2. The van der Waals surface area contributed by atoms with E-state index in [0.29, 0.717) is 12.0 Å². The van der Waals surface area contributed by atoms with Crippen LogP contribution in [0.2, 0.25) is 0 Å². The Hall–Kier alpha value is -2.50. The van der Waals surface area contributed by atoms with Crippen molar-refractivity contribution < 1.29 is 9.72 Å². The molecule has 0 atom stereocenters. The van der Waals surface area contributed by atoms with Crippen LogP contribution < -0.4 is 0 Å². The minimum atomic E-state index is -0.515. The second kappa shape index (κ2) is 5.01. The molecular weight excluding hydrogens is 246 g/mol. The Morgan fingerprint density at radius 2 is 2.11 bits per heavy atom. The van der Waals surface area contributed by atoms with E-state index in [9.17, 15) is 14.9 Å². The minimum absolute atomic E-state index is 0.136. The summed E-state index contributed by atoms with van der Waals surface area (Å²) in [4.78, 5) is 21.2. The van der Waals surface area contributed by atoms with Crippen molar-refractivity contribution in [3.63, 3.8) is 0 Å². The molecule has 1 heterocycles. The maximum Gasteiger partial charge on any atom is 0.295 e. The predicted molar refractivity (Wildman–Crippen MR) is 69.7 cm³/mol. The van der Waals surface area contributed by atoms with Gasteiger partial charge in [-0.15, -0.1) is 0 Å². The third kappa shape index (κ3) is 2.52. The number of nitrogens with zero attached hydrogens (tertiary/aromatic N) is 3. The monoisotopic (exact) mass is 259 g/mol. The van der Waals surface area contributed by atoms with Crippen LogP contribution in [-0.4, -0.2) is 21.0 Å². The lowest BCUT2D eigenvalue weighted by molar-refractivity contribution is -0.384. The van der Waals surface area contributed by atoms with E-state index in [1.807, 2.05) is 19.9 Å². The molecule has 0 unspecified atom stereocenters. The third-order valence-corrected chi connectivity index (χ3v) is 2.78. The van der Waals surface area contributed by atoms with Crippen LogP contribution in [0.5, 0.6) is 0 Å². The van der Waals surface area contributed by atoms with Crippen molar-refractivity contribution in [1.82, 2.24) is 9.78 Å². The number of nitro benzene ring substituents is 1. The van der Waals surface area contributed by atoms with Crippen LogP contribution in [0.3, 0.4) is 0 Å². The highest BCUT2D eigenvalue weighted by Crippen LogP contribution is 2.24. The first kappa shape index (κ1) is 12.9. The lowest BCUT2D eigenvalue weighted by Crippen LogP contribution is -2.02. The van der Waals surface area contributed by atoms with Crippen LogP contribution in [0.25, 0.3) is 5.69 Å². The molecule has 0 spiro atoms. The number of carbonyl (C=O) groups excluding carboxylic acids is 1. The fraction of sp³-hybridized carbons (Fsp3) is 0.231. The average Bonchev–Trinajstić information content (AvgIpc) is 2.87. The maximum atomic E-state index is 11.1. The molecule has 2 rings (SSSR count). The largest absolute Gasteiger partial charge is 0.298 e. The Kier molecular flexibility index (Phi) is 3.41. The quantitative estimate of drug-likeness (QED) is 0.480. The van der Waals surface area contributed by atoms with Gasteiger partial charge < -0.3 is 0 Å². The van der Waals surface area contributed by atoms with Crippen LogP contribution in [0.15, 0.2) is 30.5 Å². The highest BCUT2D eigenvalue weighted by atomic mass is 16.6. The van der Waals surface area contributed by atoms with Crippen LogP contribution in [0, 0.1) is 10.1 Å². The van der Waals surface area contributed by atoms with Gasteiger partial charge in [-0.2, -0.15) is 5.10 Å². The van der Waals surface area contributed by atoms with Crippen molar-refractivity contribution in [2.45, 2.75) is 19.8 Å². The molecule has 0 aliphatic rings. The molecule has 0 radical (unpaired) electrons. The summed E-state index contributed by atoms with van der Waals surface area (Å²) in [7, 11) is 0. The van der Waals surface area contributed by atoms with Gasteiger partial charge in [0.25, 0.3) is 5.69 Å². The summed E-state index contributed by atoms with van der Waals surface area (Å²) in [6, 6.07) is 6.13. The fourth-order valence-electron chi connectivity index (χ4n) is 1.73. The summed E-state index contributed by atoms with van der Waals surface area (Å²) >= 11 is 0. The van der Waals surface area contributed by atoms with E-state index in [1.54, 1.807) is 6.20 Å². The van der Waals surface area contributed by atoms with Crippen molar-refractivity contribution in [1.29, 1.82) is 0 Å². The number of carbonyl (C=O) groups is 1. The van der Waals surface area contributed by atoms with Crippen LogP contribution in [0.1, 0.15) is 35.8 Å². The molecule has 0 fully saturated rings. The lowest BCUT2D eigenvalue weighted by atomic mass is 10.1. The van der Waals surface area contributed by atoms with Gasteiger partial charge in [-0.1, -0.05) is 13.8 Å². The Morgan fingerprint density at radius 3 is 2.63 bits per heavy atom. The molecule has 1 aromatic heterocycles. The van der Waals surface area contributed by atoms with E-state index in [2.05, 4.69) is 5.10 Å². The van der Waals surface area contributed by atoms with E-state index in [1.165, 1.54) is 22.9 Å². The van der Waals surface area contributed by atoms with Crippen molar-refractivity contribution in [2.75, 3.05) is 0 Å². The molecule has 6 nitrogen and oxygen atoms in total. The fourth-order valence-corrected chi connectivity index (χ4v) is 1.73. The van der Waals surface area contributed by atoms with Gasteiger partial charge in [0.05, 0.1) is 10.6 Å². The van der Waals surface area contributed by atoms with E-state index in [-0.39, 0.29) is 17.2 Å². The first-order chi connectivity index (χ1) is 9.02. The Labute approximate surface area is 109 Å². The molecule has 1 aromatic carbocycles. The summed E-state index contributed by atoms with van der Waals surface area (Å²) in [5.74, 6) is 0.245. The summed E-state index contributed by atoms with van der Waals surface area (Å²) in [6.07, 6.45) is 2.26. The third-order valence-electron chi connectivity index (χ3n) is 2.78. The van der Waals surface area contributed by atoms with Gasteiger partial charge in [-0.3, -0.25) is 14.9 Å². The molecule has 0 N–H and O–H groups in total. The predicted octanol–water partition coefficient (Wildman–Crippen LogP) is 2.72. The molecule has 98 valence electrons. The summed E-state index contributed by atoms with van der Waals surface area (Å²) in [5, 5.41) is 15.4. The van der Waals surface area contributed by atoms with Crippen LogP contribution in [0.4, 0.5) is 5.69 Å². The molecule has 6 heteroatoms. The van der Waals surface area contributed by atoms with E-state index < -0.39 is 4.92 Å². The molecule has 0 bridgehead atoms. The topological polar surface area (TPSA) is 78.0 Å². The second-order valence-electron chi connectivity index (χ2n) is 4.46. The Balaban J connectivity index is 2.54. The molecular formula is C13H13N3O3. The van der Waals surface area contributed by atoms with Gasteiger partial charge in [-0.25, -0.2) is 4.68 Å². The zero-order chi connectivity index (χ0) is 14.0. The summed E-state index contributed by atoms with van der Waals surface area (Å²) < 4.78 is 1.46. The minimum Gasteiger partial charge on any atom is -0.298 e. The Morgan fingerprint density at radius 1 is 1.37 bits per heavy atom. The number of nitro groups is 1. The van der Waals surface area contributed by atoms with Crippen molar-refractivity contribution in [3.8, 4) is 5.69 Å². The zero-order valence-electron chi connectivity index (χ0n) is 10.6. The van der Waals surface area contributed by atoms with Crippen LogP contribution >= 0.6 is 0 Å². The first-order valence-corrected chi connectivity index (χ1v) is 5.82. The number of aldehydes is 1. The molecule has 0 amide bonds. The van der Waals surface area contributed by atoms with Gasteiger partial charge in [0.2, 0.25) is 0 Å². The van der Waals surface area contributed by atoms with Gasteiger partial charge in [0, 0.05) is 17.8 Å². The molecule has 0 aliphatic carbocycles. The highest BCUT2D eigenvalue weighted by Gasteiger charge is 2.17. The molecule has 0 aliphatic heterocycles. The normalized spacial score (nSPS) is 10.7. The van der Waals surface area contributed by atoms with Gasteiger partial charge in [0.1, 0.15) is 12.0 Å². The molecule has 19 heavy (non-hydrogen) atoms. The van der Waals surface area contributed by atoms with E-state index >= 15 is 0 Å². The van der Waals surface area contributed by atoms with E-state index in [4.69, 9.17) is 0 Å². The standard InChI is InChI=1S/C13H13N3O3/c1-9(2)11-5-6-15(14-11)12-4-3-10(8-17)7-13(12)16(18)19/h3-9H,1-2H3. The molecule has 0 saturated carbocycles. The van der Waals surface area contributed by atoms with E-state index in [0.717, 1.165) is 5.69 Å². The van der Waals surface area contributed by atoms with Crippen molar-refractivity contribution >= 4 is 12.0 Å². The highest BCUT2D eigenvalue weighted by molar-refractivity contribution is 5.77. The number of benzene rings is 1. The summed E-state index contributed by atoms with van der Waals surface area (Å²) in [5.41, 5.74) is 1.34.